The molecule has 0 saturated heterocycles. The van der Waals surface area contributed by atoms with Crippen molar-refractivity contribution in [3.63, 3.8) is 0 Å². The average molecular weight is 244 g/mol. The fourth-order valence-electron chi connectivity index (χ4n) is 1.81. The molecule has 1 unspecified atom stereocenters. The molecular formula is C15H16O3. The molecule has 0 radical (unpaired) electrons. The van der Waals surface area contributed by atoms with Crippen LogP contribution in [0.2, 0.25) is 0 Å². The maximum absolute atomic E-state index is 11.3. The molecule has 0 aliphatic rings. The summed E-state index contributed by atoms with van der Waals surface area (Å²) in [6.07, 6.45) is 0. The first kappa shape index (κ1) is 12.4. The highest BCUT2D eigenvalue weighted by molar-refractivity contribution is 5.88. The summed E-state index contributed by atoms with van der Waals surface area (Å²) in [5.41, 5.74) is 0. The van der Waals surface area contributed by atoms with Gasteiger partial charge in [-0.2, -0.15) is 0 Å². The standard InChI is InChI=1S/C15H16O3/c1-11(15(16)17-2)10-18-14-9-5-7-12-6-3-4-8-13(12)14/h3-9,11H,10H2,1-2H3. The fourth-order valence-corrected chi connectivity index (χ4v) is 1.81. The number of methoxy groups -OCH3 is 1. The van der Waals surface area contributed by atoms with E-state index in [4.69, 9.17) is 4.74 Å². The number of carbonyl (C=O) groups excluding carboxylic acids is 1. The second kappa shape index (κ2) is 5.54. The number of esters is 1. The molecule has 0 N–H and O–H groups in total. The van der Waals surface area contributed by atoms with E-state index in [0.29, 0.717) is 6.61 Å². The molecule has 0 heterocycles. The van der Waals surface area contributed by atoms with Crippen molar-refractivity contribution >= 4 is 16.7 Å². The maximum atomic E-state index is 11.3. The Morgan fingerprint density at radius 2 is 1.89 bits per heavy atom. The molecule has 18 heavy (non-hydrogen) atoms. The molecule has 0 aliphatic carbocycles. The van der Waals surface area contributed by atoms with Crippen LogP contribution < -0.4 is 4.74 Å². The lowest BCUT2D eigenvalue weighted by Gasteiger charge is -2.12. The van der Waals surface area contributed by atoms with Gasteiger partial charge in [0.1, 0.15) is 12.4 Å². The minimum Gasteiger partial charge on any atom is -0.492 e. The molecule has 0 bridgehead atoms. The normalized spacial score (nSPS) is 12.1. The molecule has 2 aromatic carbocycles. The Bertz CT molecular complexity index is 543. The van der Waals surface area contributed by atoms with Crippen molar-refractivity contribution in [1.29, 1.82) is 0 Å². The molecule has 94 valence electrons. The first-order chi connectivity index (χ1) is 8.72. The monoisotopic (exact) mass is 244 g/mol. The van der Waals surface area contributed by atoms with Crippen LogP contribution in [0.25, 0.3) is 10.8 Å². The molecule has 0 amide bonds. The summed E-state index contributed by atoms with van der Waals surface area (Å²) in [5.74, 6) is 0.271. The van der Waals surface area contributed by atoms with Gasteiger partial charge in [-0.25, -0.2) is 0 Å². The molecule has 1 atom stereocenters. The lowest BCUT2D eigenvalue weighted by molar-refractivity contribution is -0.145. The number of hydrogen-bond acceptors (Lipinski definition) is 3. The van der Waals surface area contributed by atoms with Gasteiger partial charge in [-0.1, -0.05) is 36.4 Å². The lowest BCUT2D eigenvalue weighted by Crippen LogP contribution is -2.20. The smallest absolute Gasteiger partial charge is 0.311 e. The van der Waals surface area contributed by atoms with E-state index in [1.54, 1.807) is 6.92 Å². The largest absolute Gasteiger partial charge is 0.492 e. The summed E-state index contributed by atoms with van der Waals surface area (Å²) in [6, 6.07) is 13.9. The maximum Gasteiger partial charge on any atom is 0.311 e. The van der Waals surface area contributed by atoms with Crippen molar-refractivity contribution in [2.24, 2.45) is 5.92 Å². The van der Waals surface area contributed by atoms with Crippen molar-refractivity contribution in [3.8, 4) is 5.75 Å². The topological polar surface area (TPSA) is 35.5 Å². The molecule has 0 saturated carbocycles. The van der Waals surface area contributed by atoms with Crippen LogP contribution in [0.15, 0.2) is 42.5 Å². The zero-order chi connectivity index (χ0) is 13.0. The van der Waals surface area contributed by atoms with Crippen LogP contribution in [-0.2, 0) is 9.53 Å². The first-order valence-corrected chi connectivity index (χ1v) is 5.90. The second-order valence-electron chi connectivity index (χ2n) is 4.21. The zero-order valence-corrected chi connectivity index (χ0v) is 10.6. The van der Waals surface area contributed by atoms with Crippen LogP contribution in [0.1, 0.15) is 6.92 Å². The molecular weight excluding hydrogens is 228 g/mol. The van der Waals surface area contributed by atoms with Gasteiger partial charge in [0.15, 0.2) is 0 Å². The molecule has 2 rings (SSSR count). The predicted molar refractivity (Wildman–Crippen MR) is 70.6 cm³/mol. The van der Waals surface area contributed by atoms with Crippen LogP contribution in [0.3, 0.4) is 0 Å². The van der Waals surface area contributed by atoms with E-state index in [1.165, 1.54) is 7.11 Å². The third-order valence-corrected chi connectivity index (χ3v) is 2.84. The fraction of sp³-hybridized carbons (Fsp3) is 0.267. The Balaban J connectivity index is 2.15. The van der Waals surface area contributed by atoms with Gasteiger partial charge in [0, 0.05) is 5.39 Å². The van der Waals surface area contributed by atoms with E-state index >= 15 is 0 Å². The van der Waals surface area contributed by atoms with Crippen molar-refractivity contribution in [2.45, 2.75) is 6.92 Å². The average Bonchev–Trinajstić information content (AvgIpc) is 2.43. The number of rotatable bonds is 4. The highest BCUT2D eigenvalue weighted by atomic mass is 16.5. The van der Waals surface area contributed by atoms with Gasteiger partial charge in [-0.3, -0.25) is 4.79 Å². The molecule has 3 heteroatoms. The van der Waals surface area contributed by atoms with E-state index in [0.717, 1.165) is 16.5 Å². The van der Waals surface area contributed by atoms with E-state index in [-0.39, 0.29) is 11.9 Å². The van der Waals surface area contributed by atoms with Gasteiger partial charge >= 0.3 is 5.97 Å². The van der Waals surface area contributed by atoms with Gasteiger partial charge in [0.25, 0.3) is 0 Å². The molecule has 0 aromatic heterocycles. The highest BCUT2D eigenvalue weighted by Crippen LogP contribution is 2.25. The summed E-state index contributed by atoms with van der Waals surface area (Å²) in [7, 11) is 1.39. The van der Waals surface area contributed by atoms with E-state index in [2.05, 4.69) is 4.74 Å². The third kappa shape index (κ3) is 2.62. The molecule has 0 aliphatic heterocycles. The minimum atomic E-state index is -0.269. The summed E-state index contributed by atoms with van der Waals surface area (Å²) in [4.78, 5) is 11.3. The van der Waals surface area contributed by atoms with Gasteiger partial charge in [0.2, 0.25) is 0 Å². The number of fused-ring (bicyclic) bond motifs is 1. The van der Waals surface area contributed by atoms with Crippen LogP contribution in [0.4, 0.5) is 0 Å². The number of hydrogen-bond donors (Lipinski definition) is 0. The SMILES string of the molecule is COC(=O)C(C)COc1cccc2ccccc12. The van der Waals surface area contributed by atoms with Gasteiger partial charge in [-0.05, 0) is 18.4 Å². The molecule has 0 spiro atoms. The predicted octanol–water partition coefficient (Wildman–Crippen LogP) is 3.03. The molecule has 0 fully saturated rings. The van der Waals surface area contributed by atoms with Crippen LogP contribution in [0, 0.1) is 5.92 Å². The van der Waals surface area contributed by atoms with E-state index < -0.39 is 0 Å². The summed E-state index contributed by atoms with van der Waals surface area (Å²) >= 11 is 0. The lowest BCUT2D eigenvalue weighted by atomic mass is 10.1. The summed E-state index contributed by atoms with van der Waals surface area (Å²) < 4.78 is 10.4. The quantitative estimate of drug-likeness (QED) is 0.775. The number of carbonyl (C=O) groups is 1. The summed E-state index contributed by atoms with van der Waals surface area (Å²) in [5, 5.41) is 2.18. The Kier molecular flexibility index (Phi) is 3.82. The number of benzene rings is 2. The summed E-state index contributed by atoms with van der Waals surface area (Å²) in [6.45, 7) is 2.11. The Hall–Kier alpha value is -2.03. The highest BCUT2D eigenvalue weighted by Gasteiger charge is 2.14. The van der Waals surface area contributed by atoms with Crippen molar-refractivity contribution < 1.29 is 14.3 Å². The minimum absolute atomic E-state index is 0.254. The van der Waals surface area contributed by atoms with E-state index in [9.17, 15) is 4.79 Å². The zero-order valence-electron chi connectivity index (χ0n) is 10.6. The Morgan fingerprint density at radius 3 is 2.67 bits per heavy atom. The first-order valence-electron chi connectivity index (χ1n) is 5.90. The van der Waals surface area contributed by atoms with Crippen LogP contribution in [-0.4, -0.2) is 19.7 Å². The Labute approximate surface area is 106 Å². The van der Waals surface area contributed by atoms with Gasteiger partial charge < -0.3 is 9.47 Å². The van der Waals surface area contributed by atoms with E-state index in [1.807, 2.05) is 42.5 Å². The van der Waals surface area contributed by atoms with Gasteiger partial charge in [-0.15, -0.1) is 0 Å². The third-order valence-electron chi connectivity index (χ3n) is 2.84. The second-order valence-corrected chi connectivity index (χ2v) is 4.21. The van der Waals surface area contributed by atoms with Crippen molar-refractivity contribution in [1.82, 2.24) is 0 Å². The van der Waals surface area contributed by atoms with Crippen LogP contribution >= 0.6 is 0 Å². The van der Waals surface area contributed by atoms with Crippen molar-refractivity contribution in [3.05, 3.63) is 42.5 Å². The van der Waals surface area contributed by atoms with Crippen LogP contribution in [0.5, 0.6) is 5.75 Å². The molecule has 3 nitrogen and oxygen atoms in total. The Morgan fingerprint density at radius 1 is 1.17 bits per heavy atom. The number of ether oxygens (including phenoxy) is 2. The van der Waals surface area contributed by atoms with Crippen molar-refractivity contribution in [2.75, 3.05) is 13.7 Å². The molecule has 2 aromatic rings. The van der Waals surface area contributed by atoms with Gasteiger partial charge in [0.05, 0.1) is 13.0 Å².